The molecule has 3 aromatic carbocycles. The number of amides is 2. The standard InChI is InChI=1S/C28H30N2O4/c1-19-15-20(2)27(21(3)16-19)30-25(31)17-29-26(32)18-34-28(33)24-12-8-7-11-23(24)14-13-22-9-5-4-6-10-22/h4-12,15-16H,13-14,17-18H2,1-3H3,(H,29,32)(H,30,31). The molecule has 0 heterocycles. The van der Waals surface area contributed by atoms with Gasteiger partial charge in [-0.1, -0.05) is 66.2 Å². The van der Waals surface area contributed by atoms with Crippen LogP contribution in [0.25, 0.3) is 0 Å². The molecule has 3 rings (SSSR count). The van der Waals surface area contributed by atoms with Crippen LogP contribution in [0.4, 0.5) is 5.69 Å². The number of ether oxygens (including phenoxy) is 1. The second kappa shape index (κ2) is 11.8. The number of hydrogen-bond donors (Lipinski definition) is 2. The zero-order valence-electron chi connectivity index (χ0n) is 19.8. The number of carbonyl (C=O) groups excluding carboxylic acids is 3. The Morgan fingerprint density at radius 1 is 0.794 bits per heavy atom. The molecule has 0 saturated carbocycles. The van der Waals surface area contributed by atoms with Crippen LogP contribution in [0.1, 0.15) is 38.2 Å². The van der Waals surface area contributed by atoms with Crippen molar-refractivity contribution < 1.29 is 19.1 Å². The Labute approximate surface area is 200 Å². The zero-order valence-corrected chi connectivity index (χ0v) is 19.8. The van der Waals surface area contributed by atoms with E-state index in [0.717, 1.165) is 34.4 Å². The van der Waals surface area contributed by atoms with Crippen LogP contribution >= 0.6 is 0 Å². The maximum atomic E-state index is 12.6. The van der Waals surface area contributed by atoms with Gasteiger partial charge in [0, 0.05) is 5.69 Å². The minimum atomic E-state index is -0.561. The van der Waals surface area contributed by atoms with Crippen molar-refractivity contribution in [3.63, 3.8) is 0 Å². The normalized spacial score (nSPS) is 10.4. The van der Waals surface area contributed by atoms with Crippen LogP contribution in [0.2, 0.25) is 0 Å². The average Bonchev–Trinajstić information content (AvgIpc) is 2.83. The third kappa shape index (κ3) is 7.04. The lowest BCUT2D eigenvalue weighted by molar-refractivity contribution is -0.126. The minimum absolute atomic E-state index is 0.212. The van der Waals surface area contributed by atoms with Gasteiger partial charge in [-0.05, 0) is 61.9 Å². The molecule has 34 heavy (non-hydrogen) atoms. The van der Waals surface area contributed by atoms with Crippen LogP contribution in [0.5, 0.6) is 0 Å². The quantitative estimate of drug-likeness (QED) is 0.468. The lowest BCUT2D eigenvalue weighted by Crippen LogP contribution is -2.35. The molecule has 3 aromatic rings. The highest BCUT2D eigenvalue weighted by Gasteiger charge is 2.15. The van der Waals surface area contributed by atoms with Gasteiger partial charge < -0.3 is 15.4 Å². The zero-order chi connectivity index (χ0) is 24.5. The number of hydrogen-bond acceptors (Lipinski definition) is 4. The third-order valence-electron chi connectivity index (χ3n) is 5.49. The van der Waals surface area contributed by atoms with Crippen molar-refractivity contribution in [2.75, 3.05) is 18.5 Å². The Morgan fingerprint density at radius 3 is 2.15 bits per heavy atom. The summed E-state index contributed by atoms with van der Waals surface area (Å²) in [6, 6.07) is 21.2. The topological polar surface area (TPSA) is 84.5 Å². The van der Waals surface area contributed by atoms with Crippen molar-refractivity contribution >= 4 is 23.5 Å². The molecule has 0 radical (unpaired) electrons. The van der Waals surface area contributed by atoms with Crippen molar-refractivity contribution in [3.8, 4) is 0 Å². The molecule has 0 fully saturated rings. The van der Waals surface area contributed by atoms with Crippen molar-refractivity contribution in [1.29, 1.82) is 0 Å². The molecule has 2 N–H and O–H groups in total. The van der Waals surface area contributed by atoms with E-state index in [0.29, 0.717) is 12.0 Å². The summed E-state index contributed by atoms with van der Waals surface area (Å²) in [5, 5.41) is 5.32. The summed E-state index contributed by atoms with van der Waals surface area (Å²) < 4.78 is 5.20. The molecule has 2 amide bonds. The largest absolute Gasteiger partial charge is 0.452 e. The van der Waals surface area contributed by atoms with Gasteiger partial charge in [-0.15, -0.1) is 0 Å². The number of anilines is 1. The molecule has 0 aliphatic rings. The first-order valence-corrected chi connectivity index (χ1v) is 11.3. The molecular weight excluding hydrogens is 428 g/mol. The first kappa shape index (κ1) is 24.7. The maximum Gasteiger partial charge on any atom is 0.338 e. The molecule has 176 valence electrons. The highest BCUT2D eigenvalue weighted by Crippen LogP contribution is 2.21. The second-order valence-electron chi connectivity index (χ2n) is 8.32. The summed E-state index contributed by atoms with van der Waals surface area (Å²) in [4.78, 5) is 37.0. The average molecular weight is 459 g/mol. The molecule has 0 aliphatic carbocycles. The van der Waals surface area contributed by atoms with Gasteiger partial charge in [0.15, 0.2) is 6.61 Å². The molecular formula is C28H30N2O4. The SMILES string of the molecule is Cc1cc(C)c(NC(=O)CNC(=O)COC(=O)c2ccccc2CCc2ccccc2)c(C)c1. The van der Waals surface area contributed by atoms with Gasteiger partial charge in [0.1, 0.15) is 0 Å². The van der Waals surface area contributed by atoms with Crippen LogP contribution in [0, 0.1) is 20.8 Å². The molecule has 0 aromatic heterocycles. The fourth-order valence-corrected chi connectivity index (χ4v) is 3.86. The number of nitrogens with one attached hydrogen (secondary N) is 2. The van der Waals surface area contributed by atoms with Crippen molar-refractivity contribution in [3.05, 3.63) is 100 Å². The number of esters is 1. The fourth-order valence-electron chi connectivity index (χ4n) is 3.86. The maximum absolute atomic E-state index is 12.6. The van der Waals surface area contributed by atoms with Gasteiger partial charge in [0.05, 0.1) is 12.1 Å². The van der Waals surface area contributed by atoms with Crippen molar-refractivity contribution in [2.45, 2.75) is 33.6 Å². The Morgan fingerprint density at radius 2 is 1.44 bits per heavy atom. The van der Waals surface area contributed by atoms with E-state index in [9.17, 15) is 14.4 Å². The summed E-state index contributed by atoms with van der Waals surface area (Å²) in [6.45, 7) is 5.17. The Balaban J connectivity index is 1.48. The van der Waals surface area contributed by atoms with E-state index in [4.69, 9.17) is 4.74 Å². The molecule has 0 spiro atoms. The van der Waals surface area contributed by atoms with Gasteiger partial charge >= 0.3 is 5.97 Å². The number of aryl methyl sites for hydroxylation is 5. The predicted octanol–water partition coefficient (Wildman–Crippen LogP) is 4.31. The summed E-state index contributed by atoms with van der Waals surface area (Å²) in [5.41, 5.74) is 6.25. The molecule has 6 nitrogen and oxygen atoms in total. The molecule has 0 unspecified atom stereocenters. The highest BCUT2D eigenvalue weighted by molar-refractivity contribution is 5.96. The van der Waals surface area contributed by atoms with Crippen LogP contribution in [-0.2, 0) is 27.2 Å². The third-order valence-corrected chi connectivity index (χ3v) is 5.49. The predicted molar refractivity (Wildman–Crippen MR) is 133 cm³/mol. The smallest absolute Gasteiger partial charge is 0.338 e. The van der Waals surface area contributed by atoms with Crippen molar-refractivity contribution in [2.24, 2.45) is 0 Å². The Kier molecular flexibility index (Phi) is 8.57. The summed E-state index contributed by atoms with van der Waals surface area (Å²) in [7, 11) is 0. The number of rotatable bonds is 9. The van der Waals surface area contributed by atoms with Gasteiger partial charge in [0.2, 0.25) is 5.91 Å². The first-order chi connectivity index (χ1) is 16.3. The van der Waals surface area contributed by atoms with E-state index >= 15 is 0 Å². The minimum Gasteiger partial charge on any atom is -0.452 e. The Hall–Kier alpha value is -3.93. The number of carbonyl (C=O) groups is 3. The summed E-state index contributed by atoms with van der Waals surface area (Å²) in [6.07, 6.45) is 1.47. The van der Waals surface area contributed by atoms with Gasteiger partial charge in [-0.3, -0.25) is 9.59 Å². The van der Waals surface area contributed by atoms with Crippen LogP contribution < -0.4 is 10.6 Å². The molecule has 6 heteroatoms. The van der Waals surface area contributed by atoms with Crippen LogP contribution in [-0.4, -0.2) is 30.9 Å². The first-order valence-electron chi connectivity index (χ1n) is 11.3. The summed E-state index contributed by atoms with van der Waals surface area (Å²) in [5.74, 6) is -1.45. The van der Waals surface area contributed by atoms with E-state index in [-0.39, 0.29) is 12.5 Å². The van der Waals surface area contributed by atoms with Gasteiger partial charge in [-0.2, -0.15) is 0 Å². The van der Waals surface area contributed by atoms with E-state index in [2.05, 4.69) is 10.6 Å². The molecule has 0 aliphatic heterocycles. The molecule has 0 atom stereocenters. The van der Waals surface area contributed by atoms with E-state index in [1.165, 1.54) is 5.56 Å². The Bertz CT molecular complexity index is 1150. The van der Waals surface area contributed by atoms with Gasteiger partial charge in [0.25, 0.3) is 5.91 Å². The van der Waals surface area contributed by atoms with Crippen molar-refractivity contribution in [1.82, 2.24) is 5.32 Å². The lowest BCUT2D eigenvalue weighted by Gasteiger charge is -2.13. The van der Waals surface area contributed by atoms with E-state index in [1.807, 2.05) is 75.4 Å². The molecule has 0 saturated heterocycles. The van der Waals surface area contributed by atoms with Crippen LogP contribution in [0.3, 0.4) is 0 Å². The molecule has 0 bridgehead atoms. The highest BCUT2D eigenvalue weighted by atomic mass is 16.5. The lowest BCUT2D eigenvalue weighted by atomic mass is 10.00. The fraction of sp³-hybridized carbons (Fsp3) is 0.250. The number of benzene rings is 3. The van der Waals surface area contributed by atoms with Crippen LogP contribution in [0.15, 0.2) is 66.7 Å². The summed E-state index contributed by atoms with van der Waals surface area (Å²) >= 11 is 0. The second-order valence-corrected chi connectivity index (χ2v) is 8.32. The van der Waals surface area contributed by atoms with E-state index in [1.54, 1.807) is 12.1 Å². The van der Waals surface area contributed by atoms with E-state index < -0.39 is 18.5 Å². The van der Waals surface area contributed by atoms with Gasteiger partial charge in [-0.25, -0.2) is 4.79 Å². The monoisotopic (exact) mass is 458 g/mol.